The zero-order valence-electron chi connectivity index (χ0n) is 13.4. The van der Waals surface area contributed by atoms with E-state index in [0.717, 1.165) is 12.3 Å². The van der Waals surface area contributed by atoms with Gasteiger partial charge in [0.15, 0.2) is 5.82 Å². The molecule has 0 bridgehead atoms. The van der Waals surface area contributed by atoms with Crippen molar-refractivity contribution in [2.24, 2.45) is 5.92 Å². The molecule has 0 unspecified atom stereocenters. The highest BCUT2D eigenvalue weighted by Gasteiger charge is 2.34. The highest BCUT2D eigenvalue weighted by molar-refractivity contribution is 5.91. The maximum atomic E-state index is 12.7. The van der Waals surface area contributed by atoms with Crippen molar-refractivity contribution in [2.45, 2.75) is 25.9 Å². The first-order chi connectivity index (χ1) is 11.8. The molecule has 1 amide bonds. The van der Waals surface area contributed by atoms with Crippen LogP contribution in [-0.2, 0) is 11.0 Å². The molecular formula is C15H16F3N5O2. The molecule has 1 saturated heterocycles. The molecule has 10 heteroatoms. The van der Waals surface area contributed by atoms with E-state index < -0.39 is 11.9 Å². The standard InChI is InChI=1S/C15H16F3N5O2/c1-9-8-12(22-25-9)21-13(24)10-3-6-23(7-4-10)14-19-5-2-11(20-14)15(16,17)18/h2,5,8,10H,3-4,6-7H2,1H3,(H,21,22,24). The second-order valence-corrected chi connectivity index (χ2v) is 5.81. The number of piperidine rings is 1. The number of nitrogens with one attached hydrogen (secondary N) is 1. The van der Waals surface area contributed by atoms with E-state index in [4.69, 9.17) is 4.52 Å². The number of rotatable bonds is 3. The van der Waals surface area contributed by atoms with Crippen LogP contribution in [0.1, 0.15) is 24.3 Å². The van der Waals surface area contributed by atoms with E-state index in [0.29, 0.717) is 37.5 Å². The van der Waals surface area contributed by atoms with Crippen LogP contribution in [0.5, 0.6) is 0 Å². The number of hydrogen-bond donors (Lipinski definition) is 1. The second kappa shape index (κ2) is 6.69. The van der Waals surface area contributed by atoms with Crippen LogP contribution in [-0.4, -0.2) is 34.1 Å². The Morgan fingerprint density at radius 3 is 2.68 bits per heavy atom. The van der Waals surface area contributed by atoms with Gasteiger partial charge in [0.2, 0.25) is 11.9 Å². The molecule has 1 N–H and O–H groups in total. The number of aromatic nitrogens is 3. The molecule has 7 nitrogen and oxygen atoms in total. The van der Waals surface area contributed by atoms with Gasteiger partial charge in [-0.05, 0) is 25.8 Å². The average molecular weight is 355 g/mol. The minimum absolute atomic E-state index is 0.0285. The molecule has 1 fully saturated rings. The molecule has 1 aliphatic rings. The molecule has 0 atom stereocenters. The van der Waals surface area contributed by atoms with Crippen molar-refractivity contribution in [1.82, 2.24) is 15.1 Å². The number of carbonyl (C=O) groups is 1. The Kier molecular flexibility index (Phi) is 4.60. The Morgan fingerprint density at radius 2 is 2.08 bits per heavy atom. The Bertz CT molecular complexity index is 754. The smallest absolute Gasteiger partial charge is 0.360 e. The maximum Gasteiger partial charge on any atom is 0.433 e. The fourth-order valence-corrected chi connectivity index (χ4v) is 2.65. The van der Waals surface area contributed by atoms with Gasteiger partial charge < -0.3 is 14.7 Å². The number of nitrogens with zero attached hydrogens (tertiary/aromatic N) is 4. The number of aryl methyl sites for hydroxylation is 1. The predicted octanol–water partition coefficient (Wildman–Crippen LogP) is 2.65. The van der Waals surface area contributed by atoms with E-state index in [1.165, 1.54) is 0 Å². The van der Waals surface area contributed by atoms with Crippen molar-refractivity contribution in [1.29, 1.82) is 0 Å². The molecule has 0 aliphatic carbocycles. The molecule has 3 rings (SSSR count). The highest BCUT2D eigenvalue weighted by atomic mass is 19.4. The summed E-state index contributed by atoms with van der Waals surface area (Å²) in [5.41, 5.74) is -0.973. The van der Waals surface area contributed by atoms with Crippen LogP contribution in [0, 0.1) is 12.8 Å². The van der Waals surface area contributed by atoms with Gasteiger partial charge in [0.25, 0.3) is 0 Å². The van der Waals surface area contributed by atoms with Crippen LogP contribution in [0.2, 0.25) is 0 Å². The van der Waals surface area contributed by atoms with Crippen molar-refractivity contribution in [3.63, 3.8) is 0 Å². The van der Waals surface area contributed by atoms with Crippen LogP contribution < -0.4 is 10.2 Å². The van der Waals surface area contributed by atoms with Gasteiger partial charge in [-0.2, -0.15) is 13.2 Å². The van der Waals surface area contributed by atoms with Crippen LogP contribution in [0.15, 0.2) is 22.9 Å². The Morgan fingerprint density at radius 1 is 1.36 bits per heavy atom. The summed E-state index contributed by atoms with van der Waals surface area (Å²) in [6.45, 7) is 2.52. The summed E-state index contributed by atoms with van der Waals surface area (Å²) < 4.78 is 43.1. The summed E-state index contributed by atoms with van der Waals surface area (Å²) in [6.07, 6.45) is -2.44. The van der Waals surface area contributed by atoms with Gasteiger partial charge in [-0.15, -0.1) is 0 Å². The number of alkyl halides is 3. The van der Waals surface area contributed by atoms with Crippen LogP contribution in [0.4, 0.5) is 24.9 Å². The predicted molar refractivity (Wildman–Crippen MR) is 81.8 cm³/mol. The van der Waals surface area contributed by atoms with Gasteiger partial charge in [0.05, 0.1) is 0 Å². The molecule has 2 aromatic heterocycles. The van der Waals surface area contributed by atoms with Crippen molar-refractivity contribution in [3.8, 4) is 0 Å². The summed E-state index contributed by atoms with van der Waals surface area (Å²) in [7, 11) is 0. The lowest BCUT2D eigenvalue weighted by atomic mass is 9.96. The van der Waals surface area contributed by atoms with Gasteiger partial charge >= 0.3 is 6.18 Å². The number of carbonyl (C=O) groups excluding carboxylic acids is 1. The Labute approximate surface area is 141 Å². The maximum absolute atomic E-state index is 12.7. The van der Waals surface area contributed by atoms with Crippen LogP contribution in [0.3, 0.4) is 0 Å². The second-order valence-electron chi connectivity index (χ2n) is 5.81. The third kappa shape index (κ3) is 4.06. The summed E-state index contributed by atoms with van der Waals surface area (Å²) in [5.74, 6) is 0.538. The van der Waals surface area contributed by atoms with E-state index in [9.17, 15) is 18.0 Å². The van der Waals surface area contributed by atoms with Crippen molar-refractivity contribution >= 4 is 17.7 Å². The topological polar surface area (TPSA) is 84.2 Å². The molecule has 1 aliphatic heterocycles. The van der Waals surface area contributed by atoms with Crippen LogP contribution in [0.25, 0.3) is 0 Å². The van der Waals surface area contributed by atoms with Gasteiger partial charge in [-0.1, -0.05) is 5.16 Å². The highest BCUT2D eigenvalue weighted by Crippen LogP contribution is 2.29. The summed E-state index contributed by atoms with van der Waals surface area (Å²) in [5, 5.41) is 6.38. The Balaban J connectivity index is 1.59. The van der Waals surface area contributed by atoms with Crippen molar-refractivity contribution in [2.75, 3.05) is 23.3 Å². The lowest BCUT2D eigenvalue weighted by Gasteiger charge is -2.31. The van der Waals surface area contributed by atoms with Crippen LogP contribution >= 0.6 is 0 Å². The minimum atomic E-state index is -4.51. The molecule has 3 heterocycles. The molecule has 0 saturated carbocycles. The fourth-order valence-electron chi connectivity index (χ4n) is 2.65. The van der Waals surface area contributed by atoms with E-state index in [-0.39, 0.29) is 17.8 Å². The summed E-state index contributed by atoms with van der Waals surface area (Å²) in [6, 6.07) is 2.45. The summed E-state index contributed by atoms with van der Waals surface area (Å²) >= 11 is 0. The SMILES string of the molecule is Cc1cc(NC(=O)C2CCN(c3nccc(C(F)(F)F)n3)CC2)no1. The lowest BCUT2D eigenvalue weighted by molar-refractivity contribution is -0.141. The third-order valence-electron chi connectivity index (χ3n) is 3.96. The fraction of sp³-hybridized carbons (Fsp3) is 0.467. The normalized spacial score (nSPS) is 16.1. The van der Waals surface area contributed by atoms with E-state index in [1.807, 2.05) is 0 Å². The molecule has 0 aromatic carbocycles. The zero-order valence-corrected chi connectivity index (χ0v) is 13.4. The molecule has 0 spiro atoms. The van der Waals surface area contributed by atoms with E-state index in [2.05, 4.69) is 20.4 Å². The summed E-state index contributed by atoms with van der Waals surface area (Å²) in [4.78, 5) is 21.4. The zero-order chi connectivity index (χ0) is 18.0. The van der Waals surface area contributed by atoms with Gasteiger partial charge in [-0.25, -0.2) is 9.97 Å². The number of halogens is 3. The monoisotopic (exact) mass is 355 g/mol. The molecular weight excluding hydrogens is 339 g/mol. The number of anilines is 2. The van der Waals surface area contributed by atoms with Crippen molar-refractivity contribution < 1.29 is 22.5 Å². The first kappa shape index (κ1) is 17.2. The first-order valence-corrected chi connectivity index (χ1v) is 7.72. The Hall–Kier alpha value is -2.65. The quantitative estimate of drug-likeness (QED) is 0.911. The number of amides is 1. The van der Waals surface area contributed by atoms with E-state index in [1.54, 1.807) is 17.9 Å². The largest absolute Gasteiger partial charge is 0.433 e. The van der Waals surface area contributed by atoms with E-state index >= 15 is 0 Å². The molecule has 134 valence electrons. The van der Waals surface area contributed by atoms with Gasteiger partial charge in [0, 0.05) is 31.3 Å². The first-order valence-electron chi connectivity index (χ1n) is 7.72. The van der Waals surface area contributed by atoms with Gasteiger partial charge in [-0.3, -0.25) is 4.79 Å². The molecule has 2 aromatic rings. The third-order valence-corrected chi connectivity index (χ3v) is 3.96. The van der Waals surface area contributed by atoms with Crippen molar-refractivity contribution in [3.05, 3.63) is 29.8 Å². The molecule has 0 radical (unpaired) electrons. The van der Waals surface area contributed by atoms with Gasteiger partial charge in [0.1, 0.15) is 11.5 Å². The molecule has 25 heavy (non-hydrogen) atoms. The average Bonchev–Trinajstić information content (AvgIpc) is 2.99. The lowest BCUT2D eigenvalue weighted by Crippen LogP contribution is -2.39. The minimum Gasteiger partial charge on any atom is -0.360 e. The number of hydrogen-bond acceptors (Lipinski definition) is 6.